The fourth-order valence-corrected chi connectivity index (χ4v) is 4.88. The van der Waals surface area contributed by atoms with Crippen molar-refractivity contribution in [2.75, 3.05) is 10.6 Å². The van der Waals surface area contributed by atoms with Crippen LogP contribution in [0, 0.1) is 0 Å². The number of anilines is 2. The van der Waals surface area contributed by atoms with Crippen LogP contribution in [0.2, 0.25) is 0 Å². The van der Waals surface area contributed by atoms with Gasteiger partial charge in [0, 0.05) is 40.5 Å². The number of benzene rings is 5. The summed E-state index contributed by atoms with van der Waals surface area (Å²) in [5.41, 5.74) is 3.67. The third-order valence-corrected chi connectivity index (χ3v) is 7.22. The maximum Gasteiger partial charge on any atom is 0.256 e. The van der Waals surface area contributed by atoms with Gasteiger partial charge >= 0.3 is 0 Å². The lowest BCUT2D eigenvalue weighted by Gasteiger charge is -2.13. The molecule has 44 heavy (non-hydrogen) atoms. The molecule has 0 saturated carbocycles. The molecule has 0 bridgehead atoms. The molecule has 9 heteroatoms. The second kappa shape index (κ2) is 13.1. The summed E-state index contributed by atoms with van der Waals surface area (Å²) in [6.07, 6.45) is 0. The minimum atomic E-state index is -0.293. The second-order valence-corrected chi connectivity index (χ2v) is 10.3. The topological polar surface area (TPSA) is 105 Å². The zero-order valence-electron chi connectivity index (χ0n) is 23.3. The van der Waals surface area contributed by atoms with Crippen molar-refractivity contribution in [3.05, 3.63) is 151 Å². The molecule has 216 valence electrons. The number of ether oxygens (including phenoxy) is 1. The quantitative estimate of drug-likeness (QED) is 0.144. The van der Waals surface area contributed by atoms with E-state index in [2.05, 4.69) is 10.6 Å². The Labute approximate surface area is 258 Å². The van der Waals surface area contributed by atoms with Gasteiger partial charge < -0.3 is 19.9 Å². The van der Waals surface area contributed by atoms with Crippen LogP contribution in [0.15, 0.2) is 144 Å². The highest BCUT2D eigenvalue weighted by atomic mass is 32.2. The molecule has 0 aliphatic carbocycles. The third-order valence-electron chi connectivity index (χ3n) is 6.70. The number of para-hydroxylation sites is 1. The number of rotatable bonds is 9. The Morgan fingerprint density at radius 2 is 1.27 bits per heavy atom. The first-order chi connectivity index (χ1) is 21.6. The molecule has 0 aliphatic rings. The minimum Gasteiger partial charge on any atom is -0.456 e. The molecule has 0 unspecified atom stereocenters. The second-order valence-electron chi connectivity index (χ2n) is 9.68. The van der Waals surface area contributed by atoms with Gasteiger partial charge in [-0.15, -0.1) is 0 Å². The first-order valence-corrected chi connectivity index (χ1v) is 14.5. The standard InChI is InChI=1S/C35H26N4O4S/c40-34(25-10-4-1-5-11-25)36-27-18-16-24(17-19-27)30-23-33(37-35(41)26-12-6-2-7-13-26)39(38-30)28-20-21-31(32(22-28)44-42)43-29-14-8-3-9-15-29/h1-23,42H,(H,36,40)(H,37,41). The lowest BCUT2D eigenvalue weighted by atomic mass is 10.1. The molecule has 6 aromatic rings. The van der Waals surface area contributed by atoms with Crippen LogP contribution in [-0.4, -0.2) is 26.1 Å². The smallest absolute Gasteiger partial charge is 0.256 e. The number of aromatic nitrogens is 2. The van der Waals surface area contributed by atoms with Crippen molar-refractivity contribution in [2.45, 2.75) is 4.90 Å². The van der Waals surface area contributed by atoms with Crippen LogP contribution in [0.4, 0.5) is 11.5 Å². The number of hydrogen-bond donors (Lipinski definition) is 3. The predicted molar refractivity (Wildman–Crippen MR) is 173 cm³/mol. The minimum absolute atomic E-state index is 0.203. The predicted octanol–water partition coefficient (Wildman–Crippen LogP) is 8.40. The fraction of sp³-hybridized carbons (Fsp3) is 0. The van der Waals surface area contributed by atoms with E-state index in [0.29, 0.717) is 62.5 Å². The van der Waals surface area contributed by atoms with Crippen molar-refractivity contribution < 1.29 is 18.9 Å². The number of amides is 2. The van der Waals surface area contributed by atoms with Gasteiger partial charge in [-0.25, -0.2) is 4.68 Å². The normalized spacial score (nSPS) is 10.7. The van der Waals surface area contributed by atoms with E-state index in [-0.39, 0.29) is 11.8 Å². The van der Waals surface area contributed by atoms with Crippen molar-refractivity contribution in [2.24, 2.45) is 0 Å². The van der Waals surface area contributed by atoms with Gasteiger partial charge in [-0.3, -0.25) is 9.59 Å². The van der Waals surface area contributed by atoms with Crippen LogP contribution in [-0.2, 0) is 0 Å². The lowest BCUT2D eigenvalue weighted by molar-refractivity contribution is 0.101. The number of carbonyl (C=O) groups excluding carboxylic acids is 2. The molecule has 0 saturated heterocycles. The van der Waals surface area contributed by atoms with Gasteiger partial charge in [0.15, 0.2) is 0 Å². The molecule has 1 heterocycles. The largest absolute Gasteiger partial charge is 0.456 e. The Balaban J connectivity index is 1.31. The van der Waals surface area contributed by atoms with Gasteiger partial charge in [0.2, 0.25) is 0 Å². The van der Waals surface area contributed by atoms with Gasteiger partial charge in [-0.1, -0.05) is 66.7 Å². The van der Waals surface area contributed by atoms with Crippen LogP contribution < -0.4 is 15.4 Å². The van der Waals surface area contributed by atoms with Crippen molar-refractivity contribution in [3.8, 4) is 28.4 Å². The number of carbonyl (C=O) groups is 2. The number of hydrogen-bond acceptors (Lipinski definition) is 6. The molecule has 0 spiro atoms. The Morgan fingerprint density at radius 1 is 0.682 bits per heavy atom. The Kier molecular flexibility index (Phi) is 8.49. The lowest BCUT2D eigenvalue weighted by Crippen LogP contribution is -2.15. The first-order valence-electron chi connectivity index (χ1n) is 13.7. The van der Waals surface area contributed by atoms with Crippen LogP contribution in [0.5, 0.6) is 11.5 Å². The molecule has 0 radical (unpaired) electrons. The third kappa shape index (κ3) is 6.54. The summed E-state index contributed by atoms with van der Waals surface area (Å²) in [5, 5.41) is 10.7. The highest BCUT2D eigenvalue weighted by Gasteiger charge is 2.17. The van der Waals surface area contributed by atoms with Crippen molar-refractivity contribution in [1.29, 1.82) is 0 Å². The summed E-state index contributed by atoms with van der Waals surface area (Å²) in [6.45, 7) is 0. The monoisotopic (exact) mass is 598 g/mol. The highest BCUT2D eigenvalue weighted by Crippen LogP contribution is 2.35. The summed E-state index contributed by atoms with van der Waals surface area (Å²) in [5.74, 6) is 1.05. The average Bonchev–Trinajstić information content (AvgIpc) is 3.50. The van der Waals surface area contributed by atoms with Gasteiger partial charge in [-0.2, -0.15) is 5.10 Å². The van der Waals surface area contributed by atoms with E-state index in [1.54, 1.807) is 77.5 Å². The van der Waals surface area contributed by atoms with E-state index < -0.39 is 0 Å². The van der Waals surface area contributed by atoms with Gasteiger partial charge in [-0.05, 0) is 66.7 Å². The molecule has 0 fully saturated rings. The number of nitrogens with one attached hydrogen (secondary N) is 2. The molecule has 1 aromatic heterocycles. The zero-order valence-corrected chi connectivity index (χ0v) is 24.1. The van der Waals surface area contributed by atoms with E-state index in [9.17, 15) is 14.1 Å². The zero-order chi connectivity index (χ0) is 30.3. The molecule has 5 aromatic carbocycles. The summed E-state index contributed by atoms with van der Waals surface area (Å²) >= 11 is 0.560. The number of nitrogens with zero attached hydrogens (tertiary/aromatic N) is 2. The van der Waals surface area contributed by atoms with Gasteiger partial charge in [0.25, 0.3) is 11.8 Å². The van der Waals surface area contributed by atoms with E-state index in [1.807, 2.05) is 66.7 Å². The average molecular weight is 599 g/mol. The Hall–Kier alpha value is -5.64. The van der Waals surface area contributed by atoms with Gasteiger partial charge in [0.1, 0.15) is 17.3 Å². The van der Waals surface area contributed by atoms with Crippen LogP contribution in [0.25, 0.3) is 16.9 Å². The molecule has 2 amide bonds. The Morgan fingerprint density at radius 3 is 1.89 bits per heavy atom. The molecule has 8 nitrogen and oxygen atoms in total. The van der Waals surface area contributed by atoms with E-state index in [1.165, 1.54) is 0 Å². The summed E-state index contributed by atoms with van der Waals surface area (Å²) in [4.78, 5) is 26.2. The highest BCUT2D eigenvalue weighted by molar-refractivity contribution is 7.93. The maximum absolute atomic E-state index is 13.1. The maximum atomic E-state index is 13.1. The summed E-state index contributed by atoms with van der Waals surface area (Å²) in [7, 11) is 0. The van der Waals surface area contributed by atoms with Crippen LogP contribution >= 0.6 is 12.0 Å². The Bertz CT molecular complexity index is 1900. The molecule has 0 aliphatic heterocycles. The summed E-state index contributed by atoms with van der Waals surface area (Å²) < 4.78 is 17.7. The fourth-order valence-electron chi connectivity index (χ4n) is 4.50. The molecule has 3 N–H and O–H groups in total. The van der Waals surface area contributed by atoms with Gasteiger partial charge in [0.05, 0.1) is 16.3 Å². The first kappa shape index (κ1) is 28.5. The van der Waals surface area contributed by atoms with Crippen molar-refractivity contribution in [1.82, 2.24) is 9.78 Å². The van der Waals surface area contributed by atoms with Crippen LogP contribution in [0.3, 0.4) is 0 Å². The van der Waals surface area contributed by atoms with E-state index in [0.717, 1.165) is 5.56 Å². The molecule has 0 atom stereocenters. The van der Waals surface area contributed by atoms with E-state index in [4.69, 9.17) is 9.84 Å². The van der Waals surface area contributed by atoms with Crippen LogP contribution in [0.1, 0.15) is 20.7 Å². The van der Waals surface area contributed by atoms with E-state index >= 15 is 0 Å². The molecular weight excluding hydrogens is 572 g/mol. The van der Waals surface area contributed by atoms with Crippen molar-refractivity contribution in [3.63, 3.8) is 0 Å². The molecular formula is C35H26N4O4S. The SMILES string of the molecule is O=C(Nc1ccc(-c2cc(NC(=O)c3ccccc3)n(-c3ccc(Oc4ccccc4)c(SO)c3)n2)cc1)c1ccccc1. The summed E-state index contributed by atoms with van der Waals surface area (Å²) in [6, 6.07) is 41.5. The molecule has 6 rings (SSSR count). The van der Waals surface area contributed by atoms with Crippen molar-refractivity contribution >= 4 is 35.4 Å².